The lowest BCUT2D eigenvalue weighted by atomic mass is 10.2. The SMILES string of the molecule is COCCCn1c(SCCOc2ccccc2)nnc1-c1ccc(OC)c(OC)c1. The first kappa shape index (κ1) is 22.0. The molecule has 0 amide bonds. The van der Waals surface area contributed by atoms with Gasteiger partial charge >= 0.3 is 0 Å². The zero-order valence-corrected chi connectivity index (χ0v) is 18.4. The van der Waals surface area contributed by atoms with E-state index in [1.165, 1.54) is 0 Å². The Morgan fingerprint density at radius 2 is 1.70 bits per heavy atom. The molecule has 0 saturated heterocycles. The summed E-state index contributed by atoms with van der Waals surface area (Å²) >= 11 is 1.63. The Hall–Kier alpha value is -2.71. The van der Waals surface area contributed by atoms with Gasteiger partial charge < -0.3 is 23.5 Å². The van der Waals surface area contributed by atoms with E-state index >= 15 is 0 Å². The molecule has 3 aromatic rings. The Morgan fingerprint density at radius 3 is 2.43 bits per heavy atom. The van der Waals surface area contributed by atoms with Gasteiger partial charge in [-0.15, -0.1) is 10.2 Å². The lowest BCUT2D eigenvalue weighted by Gasteiger charge is -2.12. The van der Waals surface area contributed by atoms with Gasteiger partial charge in [0.25, 0.3) is 0 Å². The monoisotopic (exact) mass is 429 g/mol. The highest BCUT2D eigenvalue weighted by Gasteiger charge is 2.16. The van der Waals surface area contributed by atoms with Crippen molar-refractivity contribution in [3.63, 3.8) is 0 Å². The number of para-hydroxylation sites is 1. The molecule has 1 heterocycles. The number of ether oxygens (including phenoxy) is 4. The Balaban J connectivity index is 1.74. The van der Waals surface area contributed by atoms with Gasteiger partial charge in [0.1, 0.15) is 5.75 Å². The van der Waals surface area contributed by atoms with Crippen molar-refractivity contribution in [3.8, 4) is 28.6 Å². The number of aromatic nitrogens is 3. The quantitative estimate of drug-likeness (QED) is 0.316. The van der Waals surface area contributed by atoms with Crippen molar-refractivity contribution in [1.82, 2.24) is 14.8 Å². The predicted molar refractivity (Wildman–Crippen MR) is 118 cm³/mol. The van der Waals surface area contributed by atoms with Crippen molar-refractivity contribution in [2.75, 3.05) is 40.3 Å². The Kier molecular flexibility index (Phi) is 8.41. The molecule has 0 aliphatic rings. The zero-order chi connectivity index (χ0) is 21.2. The summed E-state index contributed by atoms with van der Waals surface area (Å²) in [6.07, 6.45) is 0.864. The molecule has 0 unspecified atom stereocenters. The van der Waals surface area contributed by atoms with Crippen molar-refractivity contribution in [2.45, 2.75) is 18.1 Å². The molecule has 0 saturated carbocycles. The second kappa shape index (κ2) is 11.5. The van der Waals surface area contributed by atoms with E-state index in [2.05, 4.69) is 14.8 Å². The van der Waals surface area contributed by atoms with Crippen molar-refractivity contribution in [2.24, 2.45) is 0 Å². The molecule has 0 N–H and O–H groups in total. The van der Waals surface area contributed by atoms with E-state index in [1.807, 2.05) is 48.5 Å². The number of benzene rings is 2. The Bertz CT molecular complexity index is 918. The molecule has 0 aliphatic heterocycles. The van der Waals surface area contributed by atoms with E-state index in [-0.39, 0.29) is 0 Å². The largest absolute Gasteiger partial charge is 0.493 e. The second-order valence-electron chi connectivity index (χ2n) is 6.38. The van der Waals surface area contributed by atoms with E-state index in [4.69, 9.17) is 18.9 Å². The molecule has 0 bridgehead atoms. The second-order valence-corrected chi connectivity index (χ2v) is 7.45. The normalized spacial score (nSPS) is 10.8. The fourth-order valence-electron chi connectivity index (χ4n) is 2.96. The molecule has 8 heteroatoms. The van der Waals surface area contributed by atoms with Crippen LogP contribution in [-0.2, 0) is 11.3 Å². The number of nitrogens with zero attached hydrogens (tertiary/aromatic N) is 3. The van der Waals surface area contributed by atoms with Crippen molar-refractivity contribution >= 4 is 11.8 Å². The Morgan fingerprint density at radius 1 is 0.900 bits per heavy atom. The van der Waals surface area contributed by atoms with Crippen molar-refractivity contribution < 1.29 is 18.9 Å². The molecule has 3 rings (SSSR count). The number of thioether (sulfide) groups is 1. The summed E-state index contributed by atoms with van der Waals surface area (Å²) in [5.74, 6) is 3.76. The molecule has 7 nitrogen and oxygen atoms in total. The average molecular weight is 430 g/mol. The Labute approximate surface area is 181 Å². The number of methoxy groups -OCH3 is 3. The maximum absolute atomic E-state index is 5.78. The number of hydrogen-bond donors (Lipinski definition) is 0. The third-order valence-electron chi connectivity index (χ3n) is 4.42. The summed E-state index contributed by atoms with van der Waals surface area (Å²) in [7, 11) is 4.95. The topological polar surface area (TPSA) is 67.6 Å². The highest BCUT2D eigenvalue weighted by molar-refractivity contribution is 7.99. The summed E-state index contributed by atoms with van der Waals surface area (Å²) in [6, 6.07) is 15.6. The van der Waals surface area contributed by atoms with Gasteiger partial charge in [-0.1, -0.05) is 30.0 Å². The van der Waals surface area contributed by atoms with Crippen LogP contribution in [0.3, 0.4) is 0 Å². The minimum absolute atomic E-state index is 0.589. The highest BCUT2D eigenvalue weighted by Crippen LogP contribution is 2.33. The summed E-state index contributed by atoms with van der Waals surface area (Å²) in [5, 5.41) is 9.72. The summed E-state index contributed by atoms with van der Waals surface area (Å²) < 4.78 is 23.9. The van der Waals surface area contributed by atoms with Gasteiger partial charge in [0, 0.05) is 31.6 Å². The lowest BCUT2D eigenvalue weighted by Crippen LogP contribution is -2.07. The van der Waals surface area contributed by atoms with Crippen LogP contribution in [0.1, 0.15) is 6.42 Å². The predicted octanol–water partition coefficient (Wildman–Crippen LogP) is 4.17. The fourth-order valence-corrected chi connectivity index (χ4v) is 3.74. The molecule has 2 aromatic carbocycles. The van der Waals surface area contributed by atoms with Crippen LogP contribution in [0.5, 0.6) is 17.2 Å². The van der Waals surface area contributed by atoms with Gasteiger partial charge in [0.05, 0.1) is 20.8 Å². The lowest BCUT2D eigenvalue weighted by molar-refractivity contribution is 0.189. The van der Waals surface area contributed by atoms with Crippen LogP contribution in [0.15, 0.2) is 53.7 Å². The molecule has 0 atom stereocenters. The minimum atomic E-state index is 0.589. The first-order chi connectivity index (χ1) is 14.8. The molecule has 30 heavy (non-hydrogen) atoms. The fraction of sp³-hybridized carbons (Fsp3) is 0.364. The first-order valence-electron chi connectivity index (χ1n) is 9.72. The van der Waals surface area contributed by atoms with Crippen LogP contribution in [0.25, 0.3) is 11.4 Å². The van der Waals surface area contributed by atoms with E-state index in [0.29, 0.717) is 24.7 Å². The summed E-state index contributed by atoms with van der Waals surface area (Å²) in [5.41, 5.74) is 0.921. The molecule has 160 valence electrons. The van der Waals surface area contributed by atoms with Gasteiger partial charge in [0.15, 0.2) is 22.5 Å². The zero-order valence-electron chi connectivity index (χ0n) is 17.5. The van der Waals surface area contributed by atoms with Crippen LogP contribution in [0.2, 0.25) is 0 Å². The number of hydrogen-bond acceptors (Lipinski definition) is 7. The van der Waals surface area contributed by atoms with E-state index in [0.717, 1.165) is 41.0 Å². The molecule has 0 fully saturated rings. The van der Waals surface area contributed by atoms with E-state index in [9.17, 15) is 0 Å². The maximum Gasteiger partial charge on any atom is 0.191 e. The smallest absolute Gasteiger partial charge is 0.191 e. The number of rotatable bonds is 12. The standard InChI is InChI=1S/C22H27N3O4S/c1-26-13-7-12-25-21(17-10-11-19(27-2)20(16-17)28-3)23-24-22(25)30-15-14-29-18-8-5-4-6-9-18/h4-6,8-11,16H,7,12-15H2,1-3H3. The highest BCUT2D eigenvalue weighted by atomic mass is 32.2. The minimum Gasteiger partial charge on any atom is -0.493 e. The maximum atomic E-state index is 5.78. The van der Waals surface area contributed by atoms with Crippen LogP contribution in [-0.4, -0.2) is 55.1 Å². The third-order valence-corrected chi connectivity index (χ3v) is 5.35. The molecule has 0 aliphatic carbocycles. The van der Waals surface area contributed by atoms with Crippen LogP contribution >= 0.6 is 11.8 Å². The first-order valence-corrected chi connectivity index (χ1v) is 10.7. The van der Waals surface area contributed by atoms with Crippen molar-refractivity contribution in [3.05, 3.63) is 48.5 Å². The molecule has 1 aromatic heterocycles. The van der Waals surface area contributed by atoms with Crippen LogP contribution < -0.4 is 14.2 Å². The average Bonchev–Trinajstić information content (AvgIpc) is 3.19. The van der Waals surface area contributed by atoms with Gasteiger partial charge in [-0.3, -0.25) is 0 Å². The van der Waals surface area contributed by atoms with Crippen molar-refractivity contribution in [1.29, 1.82) is 0 Å². The van der Waals surface area contributed by atoms with Gasteiger partial charge in [-0.05, 0) is 36.8 Å². The molecular formula is C22H27N3O4S. The third kappa shape index (κ3) is 5.67. The van der Waals surface area contributed by atoms with Crippen LogP contribution in [0, 0.1) is 0 Å². The van der Waals surface area contributed by atoms with Gasteiger partial charge in [0.2, 0.25) is 0 Å². The van der Waals surface area contributed by atoms with Gasteiger partial charge in [-0.2, -0.15) is 0 Å². The molecule has 0 radical (unpaired) electrons. The van der Waals surface area contributed by atoms with Crippen LogP contribution in [0.4, 0.5) is 0 Å². The summed E-state index contributed by atoms with van der Waals surface area (Å²) in [6.45, 7) is 2.02. The molecule has 0 spiro atoms. The van der Waals surface area contributed by atoms with E-state index < -0.39 is 0 Å². The molecular weight excluding hydrogens is 402 g/mol. The summed E-state index contributed by atoms with van der Waals surface area (Å²) in [4.78, 5) is 0. The van der Waals surface area contributed by atoms with Gasteiger partial charge in [-0.25, -0.2) is 0 Å². The van der Waals surface area contributed by atoms with E-state index in [1.54, 1.807) is 33.1 Å².